The number of benzene rings is 2. The number of rotatable bonds is 8. The summed E-state index contributed by atoms with van der Waals surface area (Å²) in [6.45, 7) is -0.166. The maximum absolute atomic E-state index is 12.6. The lowest BCUT2D eigenvalue weighted by Crippen LogP contribution is -2.38. The summed E-state index contributed by atoms with van der Waals surface area (Å²) in [5, 5.41) is 14.8. The zero-order chi connectivity index (χ0) is 20.8. The second-order valence-electron chi connectivity index (χ2n) is 6.69. The third-order valence-corrected chi connectivity index (χ3v) is 4.72. The summed E-state index contributed by atoms with van der Waals surface area (Å²) in [7, 11) is 1.56. The normalized spacial score (nSPS) is 17.0. The number of urea groups is 1. The third-order valence-electron chi connectivity index (χ3n) is 4.72. The van der Waals surface area contributed by atoms with Crippen molar-refractivity contribution in [1.82, 2.24) is 15.5 Å². The molecule has 0 unspecified atom stereocenters. The van der Waals surface area contributed by atoms with Gasteiger partial charge in [0.2, 0.25) is 5.91 Å². The average molecular weight is 397 g/mol. The molecule has 3 rings (SSSR count). The van der Waals surface area contributed by atoms with Crippen LogP contribution >= 0.6 is 0 Å². The molecule has 0 radical (unpaired) electrons. The number of amides is 4. The number of imide groups is 1. The van der Waals surface area contributed by atoms with E-state index in [0.717, 1.165) is 16.0 Å². The Hall–Kier alpha value is -3.39. The van der Waals surface area contributed by atoms with Crippen molar-refractivity contribution in [3.63, 3.8) is 0 Å². The number of hydrogen-bond acceptors (Lipinski definition) is 5. The number of carbonyl (C=O) groups is 3. The summed E-state index contributed by atoms with van der Waals surface area (Å²) in [5.74, 6) is -0.212. The van der Waals surface area contributed by atoms with Crippen LogP contribution in [0, 0.1) is 0 Å². The molecule has 0 aromatic heterocycles. The summed E-state index contributed by atoms with van der Waals surface area (Å²) in [4.78, 5) is 38.2. The highest BCUT2D eigenvalue weighted by atomic mass is 16.5. The minimum absolute atomic E-state index is 0.107. The summed E-state index contributed by atoms with van der Waals surface area (Å²) >= 11 is 0. The van der Waals surface area contributed by atoms with Crippen molar-refractivity contribution in [3.8, 4) is 5.75 Å². The van der Waals surface area contributed by atoms with Gasteiger partial charge in [0.15, 0.2) is 0 Å². The largest absolute Gasteiger partial charge is 0.497 e. The molecule has 3 N–H and O–H groups in total. The minimum Gasteiger partial charge on any atom is -0.497 e. The Morgan fingerprint density at radius 3 is 2.48 bits per heavy atom. The first-order chi connectivity index (χ1) is 14.0. The van der Waals surface area contributed by atoms with E-state index in [4.69, 9.17) is 4.74 Å². The topological polar surface area (TPSA) is 108 Å². The van der Waals surface area contributed by atoms with Gasteiger partial charge in [-0.25, -0.2) is 4.79 Å². The van der Waals surface area contributed by atoms with E-state index in [1.54, 1.807) is 43.5 Å². The molecule has 2 aromatic carbocycles. The van der Waals surface area contributed by atoms with E-state index < -0.39 is 29.9 Å². The van der Waals surface area contributed by atoms with Gasteiger partial charge in [-0.3, -0.25) is 14.5 Å². The van der Waals surface area contributed by atoms with Crippen LogP contribution in [0.5, 0.6) is 5.75 Å². The molecule has 0 saturated carbocycles. The fourth-order valence-electron chi connectivity index (χ4n) is 3.14. The van der Waals surface area contributed by atoms with Crippen LogP contribution in [0.25, 0.3) is 0 Å². The van der Waals surface area contributed by atoms with Crippen molar-refractivity contribution in [1.29, 1.82) is 0 Å². The Bertz CT molecular complexity index is 870. The van der Waals surface area contributed by atoms with Gasteiger partial charge in [-0.2, -0.15) is 0 Å². The Labute approximate surface area is 168 Å². The van der Waals surface area contributed by atoms with Gasteiger partial charge in [0.25, 0.3) is 5.91 Å². The first kappa shape index (κ1) is 20.3. The number of nitrogens with zero attached hydrogens (tertiary/aromatic N) is 1. The monoisotopic (exact) mass is 397 g/mol. The highest BCUT2D eigenvalue weighted by molar-refractivity contribution is 6.05. The van der Waals surface area contributed by atoms with Crippen LogP contribution in [0.1, 0.15) is 23.6 Å². The molecule has 0 bridgehead atoms. The first-order valence-corrected chi connectivity index (χ1v) is 9.21. The second-order valence-corrected chi connectivity index (χ2v) is 6.69. The Morgan fingerprint density at radius 2 is 1.86 bits per heavy atom. The van der Waals surface area contributed by atoms with Crippen LogP contribution in [0.15, 0.2) is 54.6 Å². The molecule has 152 valence electrons. The molecule has 8 heteroatoms. The van der Waals surface area contributed by atoms with Gasteiger partial charge in [-0.05, 0) is 23.3 Å². The highest BCUT2D eigenvalue weighted by Gasteiger charge is 2.39. The molecule has 1 saturated heterocycles. The van der Waals surface area contributed by atoms with E-state index in [0.29, 0.717) is 5.75 Å². The smallest absolute Gasteiger partial charge is 0.325 e. The Morgan fingerprint density at radius 1 is 1.17 bits per heavy atom. The van der Waals surface area contributed by atoms with Crippen molar-refractivity contribution in [2.75, 3.05) is 13.7 Å². The fourth-order valence-corrected chi connectivity index (χ4v) is 3.14. The number of hydrogen-bond donors (Lipinski definition) is 3. The maximum atomic E-state index is 12.6. The molecule has 1 heterocycles. The lowest BCUT2D eigenvalue weighted by molar-refractivity contribution is -0.131. The molecule has 2 aromatic rings. The number of aliphatic hydroxyl groups excluding tert-OH is 1. The molecule has 1 aliphatic heterocycles. The first-order valence-electron chi connectivity index (χ1n) is 9.21. The van der Waals surface area contributed by atoms with Crippen LogP contribution in [-0.2, 0) is 16.1 Å². The molecule has 1 aliphatic rings. The fraction of sp³-hybridized carbons (Fsp3) is 0.286. The van der Waals surface area contributed by atoms with Crippen LogP contribution in [-0.4, -0.2) is 47.6 Å². The van der Waals surface area contributed by atoms with Gasteiger partial charge >= 0.3 is 6.03 Å². The molecule has 8 nitrogen and oxygen atoms in total. The standard InChI is InChI=1S/C21H23N3O5/c1-29-16-9-7-14(8-10-16)12-24-20(27)17(23-21(24)28)11-19(26)22-18(13-25)15-5-3-2-4-6-15/h2-10,17-18,25H,11-13H2,1H3,(H,22,26)(H,23,28)/t17-,18+/m1/s1. The molecular weight excluding hydrogens is 374 g/mol. The molecular formula is C21H23N3O5. The van der Waals surface area contributed by atoms with E-state index >= 15 is 0 Å². The van der Waals surface area contributed by atoms with Crippen LogP contribution in [0.2, 0.25) is 0 Å². The van der Waals surface area contributed by atoms with Gasteiger partial charge in [-0.1, -0.05) is 42.5 Å². The Balaban J connectivity index is 1.59. The van der Waals surface area contributed by atoms with E-state index in [-0.39, 0.29) is 19.6 Å². The molecule has 29 heavy (non-hydrogen) atoms. The third kappa shape index (κ3) is 4.91. The van der Waals surface area contributed by atoms with Gasteiger partial charge < -0.3 is 20.5 Å². The van der Waals surface area contributed by atoms with Crippen molar-refractivity contribution in [2.45, 2.75) is 25.0 Å². The lowest BCUT2D eigenvalue weighted by atomic mass is 10.1. The van der Waals surface area contributed by atoms with E-state index in [9.17, 15) is 19.5 Å². The van der Waals surface area contributed by atoms with E-state index in [2.05, 4.69) is 10.6 Å². The van der Waals surface area contributed by atoms with Crippen molar-refractivity contribution >= 4 is 17.8 Å². The summed E-state index contributed by atoms with van der Waals surface area (Å²) in [6, 6.07) is 14.0. The minimum atomic E-state index is -0.934. The number of ether oxygens (including phenoxy) is 1. The van der Waals surface area contributed by atoms with Gasteiger partial charge in [-0.15, -0.1) is 0 Å². The zero-order valence-corrected chi connectivity index (χ0v) is 16.0. The number of methoxy groups -OCH3 is 1. The average Bonchev–Trinajstić information content (AvgIpc) is 3.00. The summed E-state index contributed by atoms with van der Waals surface area (Å²) < 4.78 is 5.09. The van der Waals surface area contributed by atoms with Gasteiger partial charge in [0.1, 0.15) is 11.8 Å². The van der Waals surface area contributed by atoms with E-state index in [1.165, 1.54) is 0 Å². The zero-order valence-electron chi connectivity index (χ0n) is 16.0. The van der Waals surface area contributed by atoms with Crippen molar-refractivity contribution < 1.29 is 24.2 Å². The highest BCUT2D eigenvalue weighted by Crippen LogP contribution is 2.18. The van der Waals surface area contributed by atoms with Crippen LogP contribution < -0.4 is 15.4 Å². The predicted octanol–water partition coefficient (Wildman–Crippen LogP) is 1.36. The SMILES string of the molecule is COc1ccc(CN2C(=O)N[C@H](CC(=O)N[C@@H](CO)c3ccccc3)C2=O)cc1. The molecule has 0 aliphatic carbocycles. The lowest BCUT2D eigenvalue weighted by Gasteiger charge is -2.18. The molecule has 2 atom stereocenters. The maximum Gasteiger partial charge on any atom is 0.325 e. The predicted molar refractivity (Wildman–Crippen MR) is 105 cm³/mol. The number of aliphatic hydroxyl groups is 1. The number of nitrogens with one attached hydrogen (secondary N) is 2. The van der Waals surface area contributed by atoms with Crippen LogP contribution in [0.3, 0.4) is 0 Å². The number of carbonyl (C=O) groups excluding carboxylic acids is 3. The van der Waals surface area contributed by atoms with Gasteiger partial charge in [0, 0.05) is 0 Å². The van der Waals surface area contributed by atoms with Crippen LogP contribution in [0.4, 0.5) is 4.79 Å². The van der Waals surface area contributed by atoms with Crippen molar-refractivity contribution in [2.24, 2.45) is 0 Å². The molecule has 1 fully saturated rings. The molecule has 4 amide bonds. The van der Waals surface area contributed by atoms with Gasteiger partial charge in [0.05, 0.1) is 32.7 Å². The quantitative estimate of drug-likeness (QED) is 0.583. The van der Waals surface area contributed by atoms with E-state index in [1.807, 2.05) is 18.2 Å². The summed E-state index contributed by atoms with van der Waals surface area (Å²) in [6.07, 6.45) is -0.201. The summed E-state index contributed by atoms with van der Waals surface area (Å²) in [5.41, 5.74) is 1.52. The molecule has 0 spiro atoms. The van der Waals surface area contributed by atoms with Crippen molar-refractivity contribution in [3.05, 3.63) is 65.7 Å². The second kappa shape index (κ2) is 9.20. The Kier molecular flexibility index (Phi) is 6.46.